The lowest BCUT2D eigenvalue weighted by molar-refractivity contribution is -0.129. The van der Waals surface area contributed by atoms with Gasteiger partial charge in [-0.25, -0.2) is 4.39 Å². The van der Waals surface area contributed by atoms with E-state index >= 15 is 0 Å². The molecule has 0 radical (unpaired) electrons. The number of rotatable bonds is 7. The molecule has 0 fully saturated rings. The van der Waals surface area contributed by atoms with Crippen LogP contribution >= 0.6 is 0 Å². The number of benzene rings is 2. The third kappa shape index (κ3) is 5.31. The Labute approximate surface area is 146 Å². The molecule has 0 aliphatic rings. The third-order valence-corrected chi connectivity index (χ3v) is 3.62. The van der Waals surface area contributed by atoms with Crippen molar-refractivity contribution in [2.24, 2.45) is 0 Å². The second kappa shape index (κ2) is 8.82. The molecule has 0 aromatic heterocycles. The van der Waals surface area contributed by atoms with E-state index in [9.17, 15) is 14.0 Å². The second-order valence-corrected chi connectivity index (χ2v) is 5.48. The maximum Gasteiger partial charge on any atom is 0.251 e. The van der Waals surface area contributed by atoms with E-state index in [1.807, 2.05) is 6.92 Å². The predicted molar refractivity (Wildman–Crippen MR) is 92.8 cm³/mol. The minimum Gasteiger partial charge on any atom is -0.494 e. The first-order valence-corrected chi connectivity index (χ1v) is 7.99. The summed E-state index contributed by atoms with van der Waals surface area (Å²) in [5.41, 5.74) is 0.865. The van der Waals surface area contributed by atoms with Crippen LogP contribution in [0.1, 0.15) is 22.8 Å². The molecule has 0 aliphatic heterocycles. The normalized spacial score (nSPS) is 10.2. The van der Waals surface area contributed by atoms with Gasteiger partial charge >= 0.3 is 0 Å². The number of hydrogen-bond donors (Lipinski definition) is 1. The summed E-state index contributed by atoms with van der Waals surface area (Å²) in [6.07, 6.45) is 0. The summed E-state index contributed by atoms with van der Waals surface area (Å²) in [6.45, 7) is 2.42. The molecule has 6 heteroatoms. The van der Waals surface area contributed by atoms with Gasteiger partial charge in [0.25, 0.3) is 5.91 Å². The van der Waals surface area contributed by atoms with E-state index in [0.717, 1.165) is 0 Å². The summed E-state index contributed by atoms with van der Waals surface area (Å²) >= 11 is 0. The van der Waals surface area contributed by atoms with E-state index in [1.165, 1.54) is 11.0 Å². The number of nitrogens with one attached hydrogen (secondary N) is 1. The van der Waals surface area contributed by atoms with Gasteiger partial charge in [-0.1, -0.05) is 18.2 Å². The quantitative estimate of drug-likeness (QED) is 0.840. The van der Waals surface area contributed by atoms with Crippen LogP contribution in [0.25, 0.3) is 0 Å². The number of hydrogen-bond acceptors (Lipinski definition) is 3. The second-order valence-electron chi connectivity index (χ2n) is 5.48. The number of amides is 2. The zero-order valence-corrected chi connectivity index (χ0v) is 14.3. The fourth-order valence-corrected chi connectivity index (χ4v) is 2.23. The molecule has 0 atom stereocenters. The summed E-state index contributed by atoms with van der Waals surface area (Å²) in [7, 11) is 1.57. The lowest BCUT2D eigenvalue weighted by atomic mass is 10.2. The molecular weight excluding hydrogens is 323 g/mol. The Morgan fingerprint density at radius 2 is 1.80 bits per heavy atom. The highest BCUT2D eigenvalue weighted by atomic mass is 19.1. The Bertz CT molecular complexity index is 732. The van der Waals surface area contributed by atoms with Gasteiger partial charge in [-0.2, -0.15) is 0 Å². The fraction of sp³-hybridized carbons (Fsp3) is 0.263. The van der Waals surface area contributed by atoms with Gasteiger partial charge in [0.1, 0.15) is 11.6 Å². The van der Waals surface area contributed by atoms with Crippen LogP contribution in [0.2, 0.25) is 0 Å². The molecule has 132 valence electrons. The smallest absolute Gasteiger partial charge is 0.251 e. The maximum absolute atomic E-state index is 13.6. The zero-order valence-electron chi connectivity index (χ0n) is 14.3. The van der Waals surface area contributed by atoms with Gasteiger partial charge in [-0.05, 0) is 37.3 Å². The molecule has 1 N–H and O–H groups in total. The summed E-state index contributed by atoms with van der Waals surface area (Å²) in [6, 6.07) is 12.9. The lowest BCUT2D eigenvalue weighted by Crippen LogP contribution is -2.37. The van der Waals surface area contributed by atoms with Crippen LogP contribution in [0.4, 0.5) is 4.39 Å². The molecule has 0 bridgehead atoms. The summed E-state index contributed by atoms with van der Waals surface area (Å²) in [5, 5.41) is 2.57. The van der Waals surface area contributed by atoms with E-state index in [4.69, 9.17) is 4.74 Å². The van der Waals surface area contributed by atoms with Crippen molar-refractivity contribution >= 4 is 11.8 Å². The highest BCUT2D eigenvalue weighted by molar-refractivity contribution is 5.96. The van der Waals surface area contributed by atoms with E-state index in [1.54, 1.807) is 49.5 Å². The molecule has 0 saturated heterocycles. The number of carbonyl (C=O) groups is 2. The number of ether oxygens (including phenoxy) is 1. The summed E-state index contributed by atoms with van der Waals surface area (Å²) in [4.78, 5) is 25.5. The Hall–Kier alpha value is -2.89. The standard InChI is InChI=1S/C19H21FN2O3/c1-3-25-16-10-8-14(9-11-16)19(24)21-12-18(23)22(2)13-15-6-4-5-7-17(15)20/h4-11H,3,12-13H2,1-2H3,(H,21,24). The molecule has 0 unspecified atom stereocenters. The highest BCUT2D eigenvalue weighted by Crippen LogP contribution is 2.12. The topological polar surface area (TPSA) is 58.6 Å². The number of carbonyl (C=O) groups excluding carboxylic acids is 2. The monoisotopic (exact) mass is 344 g/mol. The summed E-state index contributed by atoms with van der Waals surface area (Å²) in [5.74, 6) is -0.335. The molecule has 0 saturated carbocycles. The van der Waals surface area contributed by atoms with Crippen molar-refractivity contribution in [1.29, 1.82) is 0 Å². The van der Waals surface area contributed by atoms with Crippen LogP contribution in [-0.2, 0) is 11.3 Å². The van der Waals surface area contributed by atoms with Gasteiger partial charge in [0.2, 0.25) is 5.91 Å². The first kappa shape index (κ1) is 18.4. The van der Waals surface area contributed by atoms with Crippen LogP contribution in [0, 0.1) is 5.82 Å². The minimum atomic E-state index is -0.361. The molecule has 0 heterocycles. The first-order chi connectivity index (χ1) is 12.0. The first-order valence-electron chi connectivity index (χ1n) is 7.99. The predicted octanol–water partition coefficient (Wildman–Crippen LogP) is 2.61. The molecule has 5 nitrogen and oxygen atoms in total. The van der Waals surface area contributed by atoms with Gasteiger partial charge in [-0.3, -0.25) is 9.59 Å². The molecule has 2 rings (SSSR count). The van der Waals surface area contributed by atoms with E-state index < -0.39 is 0 Å². The van der Waals surface area contributed by atoms with Crippen LogP contribution in [0.3, 0.4) is 0 Å². The number of nitrogens with zero attached hydrogens (tertiary/aromatic N) is 1. The Morgan fingerprint density at radius 1 is 1.12 bits per heavy atom. The lowest BCUT2D eigenvalue weighted by Gasteiger charge is -2.18. The van der Waals surface area contributed by atoms with Crippen LogP contribution in [0.15, 0.2) is 48.5 Å². The molecular formula is C19H21FN2O3. The third-order valence-electron chi connectivity index (χ3n) is 3.62. The van der Waals surface area contributed by atoms with Crippen molar-refractivity contribution in [1.82, 2.24) is 10.2 Å². The largest absolute Gasteiger partial charge is 0.494 e. The average Bonchev–Trinajstić information content (AvgIpc) is 2.62. The molecule has 0 spiro atoms. The van der Waals surface area contributed by atoms with Gasteiger partial charge < -0.3 is 15.0 Å². The van der Waals surface area contributed by atoms with E-state index in [2.05, 4.69) is 5.32 Å². The highest BCUT2D eigenvalue weighted by Gasteiger charge is 2.13. The van der Waals surface area contributed by atoms with Gasteiger partial charge in [0.15, 0.2) is 0 Å². The molecule has 2 aromatic carbocycles. The van der Waals surface area contributed by atoms with Gasteiger partial charge in [-0.15, -0.1) is 0 Å². The van der Waals surface area contributed by atoms with Crippen molar-refractivity contribution in [3.63, 3.8) is 0 Å². The van der Waals surface area contributed by atoms with Crippen LogP contribution in [0.5, 0.6) is 5.75 Å². The van der Waals surface area contributed by atoms with E-state index in [-0.39, 0.29) is 30.7 Å². The van der Waals surface area contributed by atoms with Gasteiger partial charge in [0.05, 0.1) is 13.2 Å². The average molecular weight is 344 g/mol. The Morgan fingerprint density at radius 3 is 2.44 bits per heavy atom. The molecule has 25 heavy (non-hydrogen) atoms. The van der Waals surface area contributed by atoms with Crippen molar-refractivity contribution in [2.75, 3.05) is 20.2 Å². The zero-order chi connectivity index (χ0) is 18.2. The van der Waals surface area contributed by atoms with Crippen LogP contribution < -0.4 is 10.1 Å². The van der Waals surface area contributed by atoms with E-state index in [0.29, 0.717) is 23.5 Å². The summed E-state index contributed by atoms with van der Waals surface area (Å²) < 4.78 is 18.9. The Kier molecular flexibility index (Phi) is 6.51. The maximum atomic E-state index is 13.6. The van der Waals surface area contributed by atoms with Crippen molar-refractivity contribution < 1.29 is 18.7 Å². The Balaban J connectivity index is 1.86. The van der Waals surface area contributed by atoms with Crippen molar-refractivity contribution in [2.45, 2.75) is 13.5 Å². The molecule has 0 aliphatic carbocycles. The van der Waals surface area contributed by atoms with Crippen molar-refractivity contribution in [3.8, 4) is 5.75 Å². The SMILES string of the molecule is CCOc1ccc(C(=O)NCC(=O)N(C)Cc2ccccc2F)cc1. The minimum absolute atomic E-state index is 0.143. The van der Waals surface area contributed by atoms with Gasteiger partial charge in [0, 0.05) is 24.7 Å². The van der Waals surface area contributed by atoms with Crippen LogP contribution in [-0.4, -0.2) is 36.9 Å². The molecule has 2 aromatic rings. The number of halogens is 1. The molecule has 2 amide bonds. The fourth-order valence-electron chi connectivity index (χ4n) is 2.23. The number of likely N-dealkylation sites (N-methyl/N-ethyl adjacent to an activating group) is 1. The van der Waals surface area contributed by atoms with Crippen molar-refractivity contribution in [3.05, 3.63) is 65.5 Å².